The van der Waals surface area contributed by atoms with Crippen molar-refractivity contribution in [2.24, 2.45) is 0 Å². The summed E-state index contributed by atoms with van der Waals surface area (Å²) in [5.74, 6) is -1.56. The molecule has 0 aromatic heterocycles. The second-order valence-corrected chi connectivity index (χ2v) is 2.98. The Morgan fingerprint density at radius 2 is 2.33 bits per heavy atom. The molecule has 78 valence electrons. The quantitative estimate of drug-likeness (QED) is 0.741. The number of nitriles is 1. The molecule has 1 N–H and O–H groups in total. The summed E-state index contributed by atoms with van der Waals surface area (Å²) in [6, 6.07) is 4.91. The van der Waals surface area contributed by atoms with Crippen LogP contribution in [-0.2, 0) is 0 Å². The Labute approximate surface area is 86.2 Å². The highest BCUT2D eigenvalue weighted by Crippen LogP contribution is 2.19. The smallest absolute Gasteiger partial charge is 0.258 e. The molecule has 0 aliphatic heterocycles. The number of carbonyl (C=O) groups excluding carboxylic acids is 1. The zero-order chi connectivity index (χ0) is 11.4. The lowest BCUT2D eigenvalue weighted by atomic mass is 10.1. The fourth-order valence-corrected chi connectivity index (χ4v) is 1.07. The number of phenols is 1. The Morgan fingerprint density at radius 3 is 2.87 bits per heavy atom. The van der Waals surface area contributed by atoms with E-state index in [1.54, 1.807) is 6.07 Å². The molecular formula is C10H9FN2O2. The molecule has 0 saturated carbocycles. The van der Waals surface area contributed by atoms with Gasteiger partial charge >= 0.3 is 0 Å². The molecule has 0 aliphatic carbocycles. The predicted molar refractivity (Wildman–Crippen MR) is 50.6 cm³/mol. The summed E-state index contributed by atoms with van der Waals surface area (Å²) in [5.41, 5.74) is -0.0193. The van der Waals surface area contributed by atoms with Gasteiger partial charge in [0.15, 0.2) is 0 Å². The molecule has 4 nitrogen and oxygen atoms in total. The van der Waals surface area contributed by atoms with Gasteiger partial charge in [0.2, 0.25) is 0 Å². The first kappa shape index (κ1) is 11.0. The van der Waals surface area contributed by atoms with E-state index in [-0.39, 0.29) is 12.1 Å². The van der Waals surface area contributed by atoms with Crippen molar-refractivity contribution >= 4 is 5.91 Å². The number of aromatic hydroxyl groups is 1. The molecule has 15 heavy (non-hydrogen) atoms. The van der Waals surface area contributed by atoms with E-state index in [2.05, 4.69) is 0 Å². The Kier molecular flexibility index (Phi) is 3.24. The van der Waals surface area contributed by atoms with Crippen LogP contribution in [0.1, 0.15) is 10.4 Å². The molecular weight excluding hydrogens is 199 g/mol. The van der Waals surface area contributed by atoms with Gasteiger partial charge in [-0.15, -0.1) is 0 Å². The van der Waals surface area contributed by atoms with E-state index < -0.39 is 17.5 Å². The SMILES string of the molecule is CN(CC#N)C(=O)c1ccc(F)cc1O. The minimum Gasteiger partial charge on any atom is -0.507 e. The maximum absolute atomic E-state index is 12.6. The van der Waals surface area contributed by atoms with Crippen LogP contribution >= 0.6 is 0 Å². The Hall–Kier alpha value is -2.09. The maximum atomic E-state index is 12.6. The van der Waals surface area contributed by atoms with E-state index in [1.165, 1.54) is 13.1 Å². The minimum absolute atomic E-state index is 0.0193. The number of phenolic OH excluding ortho intramolecular Hbond substituents is 1. The zero-order valence-corrected chi connectivity index (χ0v) is 8.07. The molecule has 0 spiro atoms. The Bertz CT molecular complexity index is 426. The average molecular weight is 208 g/mol. The lowest BCUT2D eigenvalue weighted by Gasteiger charge is -2.13. The van der Waals surface area contributed by atoms with Crippen LogP contribution in [0, 0.1) is 17.1 Å². The molecule has 0 heterocycles. The molecule has 1 rings (SSSR count). The number of carbonyl (C=O) groups is 1. The standard InChI is InChI=1S/C10H9FN2O2/c1-13(5-4-12)10(15)8-3-2-7(11)6-9(8)14/h2-3,6,14H,5H2,1H3. The van der Waals surface area contributed by atoms with Crippen LogP contribution in [-0.4, -0.2) is 29.5 Å². The van der Waals surface area contributed by atoms with Crippen molar-refractivity contribution < 1.29 is 14.3 Å². The van der Waals surface area contributed by atoms with Crippen molar-refractivity contribution in [1.29, 1.82) is 5.26 Å². The second kappa shape index (κ2) is 4.42. The van der Waals surface area contributed by atoms with Gasteiger partial charge in [-0.1, -0.05) is 0 Å². The second-order valence-electron chi connectivity index (χ2n) is 2.98. The maximum Gasteiger partial charge on any atom is 0.258 e. The molecule has 0 atom stereocenters. The highest BCUT2D eigenvalue weighted by Gasteiger charge is 2.15. The monoisotopic (exact) mass is 208 g/mol. The van der Waals surface area contributed by atoms with Gasteiger partial charge in [0, 0.05) is 13.1 Å². The third-order valence-electron chi connectivity index (χ3n) is 1.84. The van der Waals surface area contributed by atoms with Crippen molar-refractivity contribution in [1.82, 2.24) is 4.90 Å². The first-order valence-electron chi connectivity index (χ1n) is 4.17. The van der Waals surface area contributed by atoms with Gasteiger partial charge < -0.3 is 10.0 Å². The molecule has 0 radical (unpaired) electrons. The van der Waals surface area contributed by atoms with E-state index in [1.807, 2.05) is 0 Å². The number of amides is 1. The van der Waals surface area contributed by atoms with E-state index in [9.17, 15) is 14.3 Å². The molecule has 0 bridgehead atoms. The fraction of sp³-hybridized carbons (Fsp3) is 0.200. The normalized spacial score (nSPS) is 9.40. The summed E-state index contributed by atoms with van der Waals surface area (Å²) >= 11 is 0. The molecule has 5 heteroatoms. The van der Waals surface area contributed by atoms with Gasteiger partial charge in [0.25, 0.3) is 5.91 Å². The van der Waals surface area contributed by atoms with Gasteiger partial charge in [-0.25, -0.2) is 4.39 Å². The minimum atomic E-state index is -0.619. The number of benzene rings is 1. The van der Waals surface area contributed by atoms with Gasteiger partial charge in [0.05, 0.1) is 11.6 Å². The lowest BCUT2D eigenvalue weighted by Crippen LogP contribution is -2.27. The highest BCUT2D eigenvalue weighted by molar-refractivity contribution is 5.96. The molecule has 0 fully saturated rings. The van der Waals surface area contributed by atoms with Gasteiger partial charge in [-0.2, -0.15) is 5.26 Å². The van der Waals surface area contributed by atoms with Crippen molar-refractivity contribution in [2.45, 2.75) is 0 Å². The predicted octanol–water partition coefficient (Wildman–Crippen LogP) is 1.13. The van der Waals surface area contributed by atoms with Crippen LogP contribution in [0.2, 0.25) is 0 Å². The summed E-state index contributed by atoms with van der Waals surface area (Å²) in [6.07, 6.45) is 0. The third kappa shape index (κ3) is 2.44. The number of hydrogen-bond acceptors (Lipinski definition) is 3. The molecule has 0 aliphatic rings. The topological polar surface area (TPSA) is 64.3 Å². The molecule has 0 saturated heterocycles. The van der Waals surface area contributed by atoms with Crippen molar-refractivity contribution in [3.63, 3.8) is 0 Å². The number of rotatable bonds is 2. The van der Waals surface area contributed by atoms with E-state index in [0.717, 1.165) is 17.0 Å². The number of halogens is 1. The molecule has 0 unspecified atom stereocenters. The summed E-state index contributed by atoms with van der Waals surface area (Å²) in [6.45, 7) is -0.0876. The van der Waals surface area contributed by atoms with E-state index in [4.69, 9.17) is 5.26 Å². The average Bonchev–Trinajstić information content (AvgIpc) is 2.17. The van der Waals surface area contributed by atoms with Crippen molar-refractivity contribution in [2.75, 3.05) is 13.6 Å². The van der Waals surface area contributed by atoms with E-state index >= 15 is 0 Å². The first-order chi connectivity index (χ1) is 7.06. The van der Waals surface area contributed by atoms with E-state index in [0.29, 0.717) is 0 Å². The van der Waals surface area contributed by atoms with Crippen LogP contribution in [0.25, 0.3) is 0 Å². The molecule has 1 aromatic carbocycles. The zero-order valence-electron chi connectivity index (χ0n) is 8.07. The highest BCUT2D eigenvalue weighted by atomic mass is 19.1. The summed E-state index contributed by atoms with van der Waals surface area (Å²) in [7, 11) is 1.42. The van der Waals surface area contributed by atoms with Crippen LogP contribution in [0.4, 0.5) is 4.39 Å². The summed E-state index contributed by atoms with van der Waals surface area (Å²) in [4.78, 5) is 12.7. The number of hydrogen-bond donors (Lipinski definition) is 1. The van der Waals surface area contributed by atoms with Gasteiger partial charge in [-0.05, 0) is 12.1 Å². The summed E-state index contributed by atoms with van der Waals surface area (Å²) < 4.78 is 12.6. The first-order valence-corrected chi connectivity index (χ1v) is 4.17. The van der Waals surface area contributed by atoms with Crippen LogP contribution < -0.4 is 0 Å². The van der Waals surface area contributed by atoms with Crippen LogP contribution in [0.5, 0.6) is 5.75 Å². The summed E-state index contributed by atoms with van der Waals surface area (Å²) in [5, 5.41) is 17.7. The van der Waals surface area contributed by atoms with Crippen LogP contribution in [0.3, 0.4) is 0 Å². The number of nitrogens with zero attached hydrogens (tertiary/aromatic N) is 2. The lowest BCUT2D eigenvalue weighted by molar-refractivity contribution is 0.0809. The largest absolute Gasteiger partial charge is 0.507 e. The van der Waals surface area contributed by atoms with Crippen LogP contribution in [0.15, 0.2) is 18.2 Å². The van der Waals surface area contributed by atoms with Crippen molar-refractivity contribution in [3.05, 3.63) is 29.6 Å². The van der Waals surface area contributed by atoms with Crippen molar-refractivity contribution in [3.8, 4) is 11.8 Å². The molecule has 1 aromatic rings. The Balaban J connectivity index is 2.97. The third-order valence-corrected chi connectivity index (χ3v) is 1.84. The Morgan fingerprint density at radius 1 is 1.67 bits per heavy atom. The fourth-order valence-electron chi connectivity index (χ4n) is 1.07. The van der Waals surface area contributed by atoms with Gasteiger partial charge in [-0.3, -0.25) is 4.79 Å². The molecule has 1 amide bonds. The van der Waals surface area contributed by atoms with Gasteiger partial charge in [0.1, 0.15) is 18.1 Å².